The maximum absolute atomic E-state index is 5.35. The molecule has 20 heavy (non-hydrogen) atoms. The molecule has 0 aliphatic heterocycles. The first-order valence-electron chi connectivity index (χ1n) is 7.90. The molecule has 0 aliphatic carbocycles. The number of aromatic nitrogens is 1. The normalized spacial score (nSPS) is 14.2. The van der Waals surface area contributed by atoms with E-state index >= 15 is 0 Å². The Balaban J connectivity index is 2.52. The maximum Gasteiger partial charge on any atom is 0.224 e. The predicted octanol–water partition coefficient (Wildman–Crippen LogP) is 4.44. The fraction of sp³-hybridized carbons (Fsp3) is 0.812. The van der Waals surface area contributed by atoms with Crippen molar-refractivity contribution in [3.63, 3.8) is 0 Å². The zero-order valence-electron chi connectivity index (χ0n) is 13.4. The van der Waals surface area contributed by atoms with Gasteiger partial charge in [-0.25, -0.2) is 0 Å². The summed E-state index contributed by atoms with van der Waals surface area (Å²) >= 11 is 0. The van der Waals surface area contributed by atoms with Crippen LogP contribution >= 0.6 is 0 Å². The highest BCUT2D eigenvalue weighted by Gasteiger charge is 2.16. The largest absolute Gasteiger partial charge is 0.383 e. The molecule has 2 unspecified atom stereocenters. The molecule has 0 amide bonds. The second kappa shape index (κ2) is 9.81. The Kier molecular flexibility index (Phi) is 8.35. The number of methoxy groups -OCH3 is 1. The highest BCUT2D eigenvalue weighted by atomic mass is 16.5. The van der Waals surface area contributed by atoms with Gasteiger partial charge >= 0.3 is 0 Å². The fourth-order valence-corrected chi connectivity index (χ4v) is 2.32. The van der Waals surface area contributed by atoms with Gasteiger partial charge in [-0.2, -0.15) is 0 Å². The Bertz CT molecular complexity index is 352. The molecule has 0 fully saturated rings. The van der Waals surface area contributed by atoms with Crippen LogP contribution in [0.25, 0.3) is 0 Å². The second-order valence-corrected chi connectivity index (χ2v) is 5.61. The molecule has 0 spiro atoms. The summed E-state index contributed by atoms with van der Waals surface area (Å²) in [6, 6.07) is 2.05. The Labute approximate surface area is 123 Å². The van der Waals surface area contributed by atoms with Crippen molar-refractivity contribution < 1.29 is 9.26 Å². The molecule has 0 aromatic carbocycles. The van der Waals surface area contributed by atoms with Crippen LogP contribution in [0.4, 0.5) is 5.88 Å². The lowest BCUT2D eigenvalue weighted by Crippen LogP contribution is -2.06. The van der Waals surface area contributed by atoms with E-state index in [9.17, 15) is 0 Å². The van der Waals surface area contributed by atoms with Crippen molar-refractivity contribution in [1.82, 2.24) is 5.16 Å². The van der Waals surface area contributed by atoms with Crippen molar-refractivity contribution in [3.05, 3.63) is 11.8 Å². The first kappa shape index (κ1) is 17.0. The van der Waals surface area contributed by atoms with Gasteiger partial charge in [0.25, 0.3) is 0 Å². The van der Waals surface area contributed by atoms with E-state index in [1.807, 2.05) is 6.07 Å². The molecule has 0 bridgehead atoms. The average Bonchev–Trinajstić information content (AvgIpc) is 2.92. The van der Waals surface area contributed by atoms with Gasteiger partial charge in [-0.3, -0.25) is 0 Å². The van der Waals surface area contributed by atoms with Gasteiger partial charge in [-0.05, 0) is 18.8 Å². The van der Waals surface area contributed by atoms with Crippen molar-refractivity contribution in [2.24, 2.45) is 5.92 Å². The van der Waals surface area contributed by atoms with Crippen LogP contribution in [-0.4, -0.2) is 25.4 Å². The molecule has 1 rings (SSSR count). The molecule has 4 nitrogen and oxygen atoms in total. The maximum atomic E-state index is 5.35. The van der Waals surface area contributed by atoms with E-state index in [1.165, 1.54) is 32.1 Å². The summed E-state index contributed by atoms with van der Waals surface area (Å²) in [5.74, 6) is 2.07. The molecule has 1 N–H and O–H groups in total. The molecule has 116 valence electrons. The van der Waals surface area contributed by atoms with Gasteiger partial charge in [0.1, 0.15) is 0 Å². The second-order valence-electron chi connectivity index (χ2n) is 5.61. The number of hydrogen-bond donors (Lipinski definition) is 1. The van der Waals surface area contributed by atoms with Gasteiger partial charge in [-0.15, -0.1) is 0 Å². The molecule has 1 aromatic heterocycles. The average molecular weight is 282 g/mol. The molecule has 0 saturated carbocycles. The van der Waals surface area contributed by atoms with Gasteiger partial charge in [0.05, 0.1) is 12.3 Å². The van der Waals surface area contributed by atoms with Crippen LogP contribution in [0.1, 0.15) is 64.5 Å². The summed E-state index contributed by atoms with van der Waals surface area (Å²) in [6.45, 7) is 8.23. The predicted molar refractivity (Wildman–Crippen MR) is 83.2 cm³/mol. The van der Waals surface area contributed by atoms with E-state index in [4.69, 9.17) is 9.26 Å². The van der Waals surface area contributed by atoms with Gasteiger partial charge in [0.2, 0.25) is 5.88 Å². The summed E-state index contributed by atoms with van der Waals surface area (Å²) in [4.78, 5) is 0. The third kappa shape index (κ3) is 5.95. The molecule has 0 saturated heterocycles. The summed E-state index contributed by atoms with van der Waals surface area (Å²) < 4.78 is 10.4. The van der Waals surface area contributed by atoms with Crippen LogP contribution in [0.15, 0.2) is 10.6 Å². The number of nitrogens with zero attached hydrogens (tertiary/aromatic N) is 1. The number of rotatable bonds is 11. The summed E-state index contributed by atoms with van der Waals surface area (Å²) in [5.41, 5.74) is 1.09. The molecule has 4 heteroatoms. The van der Waals surface area contributed by atoms with Gasteiger partial charge < -0.3 is 14.6 Å². The number of nitrogens with one attached hydrogen (secondary N) is 1. The van der Waals surface area contributed by atoms with Crippen molar-refractivity contribution in [2.45, 2.75) is 58.8 Å². The van der Waals surface area contributed by atoms with Crippen molar-refractivity contribution >= 4 is 5.88 Å². The lowest BCUT2D eigenvalue weighted by molar-refractivity contribution is 0.210. The van der Waals surface area contributed by atoms with Gasteiger partial charge in [0.15, 0.2) is 0 Å². The standard InChI is InChI=1S/C16H30N2O2/c1-5-7-14(9-8-13(3)6-2)15-12-16(20-18-15)17-10-11-19-4/h12-14,17H,5-11H2,1-4H3. The zero-order valence-corrected chi connectivity index (χ0v) is 13.4. The molecule has 0 aliphatic rings. The van der Waals surface area contributed by atoms with Crippen molar-refractivity contribution in [3.8, 4) is 0 Å². The van der Waals surface area contributed by atoms with E-state index < -0.39 is 0 Å². The zero-order chi connectivity index (χ0) is 14.8. The summed E-state index contributed by atoms with van der Waals surface area (Å²) in [7, 11) is 1.69. The number of ether oxygens (including phenoxy) is 1. The first-order valence-corrected chi connectivity index (χ1v) is 7.90. The highest BCUT2D eigenvalue weighted by molar-refractivity contribution is 5.32. The highest BCUT2D eigenvalue weighted by Crippen LogP contribution is 2.29. The fourth-order valence-electron chi connectivity index (χ4n) is 2.32. The van der Waals surface area contributed by atoms with Crippen LogP contribution in [-0.2, 0) is 4.74 Å². The Morgan fingerprint density at radius 3 is 2.75 bits per heavy atom. The van der Waals surface area contributed by atoms with E-state index in [2.05, 4.69) is 31.2 Å². The number of anilines is 1. The van der Waals surface area contributed by atoms with Gasteiger partial charge in [-0.1, -0.05) is 45.2 Å². The lowest BCUT2D eigenvalue weighted by Gasteiger charge is -2.15. The number of hydrogen-bond acceptors (Lipinski definition) is 4. The third-order valence-electron chi connectivity index (χ3n) is 3.89. The van der Waals surface area contributed by atoms with E-state index in [1.54, 1.807) is 7.11 Å². The topological polar surface area (TPSA) is 47.3 Å². The SMILES string of the molecule is CCCC(CCC(C)CC)c1cc(NCCOC)on1. The Morgan fingerprint density at radius 2 is 2.10 bits per heavy atom. The molecule has 1 heterocycles. The monoisotopic (exact) mass is 282 g/mol. The molecule has 2 atom stereocenters. The Hall–Kier alpha value is -1.03. The minimum Gasteiger partial charge on any atom is -0.383 e. The molecule has 1 aromatic rings. The van der Waals surface area contributed by atoms with E-state index in [-0.39, 0.29) is 0 Å². The van der Waals surface area contributed by atoms with Crippen LogP contribution in [0, 0.1) is 5.92 Å². The minimum atomic E-state index is 0.524. The Morgan fingerprint density at radius 1 is 1.30 bits per heavy atom. The van der Waals surface area contributed by atoms with Crippen molar-refractivity contribution in [2.75, 3.05) is 25.6 Å². The molecule has 0 radical (unpaired) electrons. The molecular formula is C16H30N2O2. The first-order chi connectivity index (χ1) is 9.71. The smallest absolute Gasteiger partial charge is 0.224 e. The van der Waals surface area contributed by atoms with Crippen molar-refractivity contribution in [1.29, 1.82) is 0 Å². The van der Waals surface area contributed by atoms with Crippen LogP contribution in [0.3, 0.4) is 0 Å². The summed E-state index contributed by atoms with van der Waals surface area (Å²) in [6.07, 6.45) is 6.08. The molecular weight excluding hydrogens is 252 g/mol. The van der Waals surface area contributed by atoms with Gasteiger partial charge in [0, 0.05) is 25.6 Å². The van der Waals surface area contributed by atoms with E-state index in [0.717, 1.165) is 24.0 Å². The lowest BCUT2D eigenvalue weighted by atomic mass is 9.90. The van der Waals surface area contributed by atoms with Crippen LogP contribution in [0.5, 0.6) is 0 Å². The minimum absolute atomic E-state index is 0.524. The van der Waals surface area contributed by atoms with Crippen LogP contribution < -0.4 is 5.32 Å². The third-order valence-corrected chi connectivity index (χ3v) is 3.89. The van der Waals surface area contributed by atoms with E-state index in [0.29, 0.717) is 12.5 Å². The van der Waals surface area contributed by atoms with Crippen LogP contribution in [0.2, 0.25) is 0 Å². The quantitative estimate of drug-likeness (QED) is 0.609. The summed E-state index contributed by atoms with van der Waals surface area (Å²) in [5, 5.41) is 7.42.